The summed E-state index contributed by atoms with van der Waals surface area (Å²) in [4.78, 5) is 38.1. The van der Waals surface area contributed by atoms with E-state index >= 15 is 0 Å². The van der Waals surface area contributed by atoms with Crippen molar-refractivity contribution in [2.24, 2.45) is 0 Å². The van der Waals surface area contributed by atoms with Crippen LogP contribution in [0, 0.1) is 5.82 Å². The molecule has 0 saturated carbocycles. The average Bonchev–Trinajstić information content (AvgIpc) is 2.84. The van der Waals surface area contributed by atoms with Crippen LogP contribution in [0.25, 0.3) is 10.9 Å². The van der Waals surface area contributed by atoms with Crippen LogP contribution in [0.2, 0.25) is 5.02 Å². The lowest BCUT2D eigenvalue weighted by atomic mass is 9.99. The van der Waals surface area contributed by atoms with E-state index in [-0.39, 0.29) is 42.0 Å². The number of carbonyl (C=O) groups excluding carboxylic acids is 1. The number of amides is 1. The van der Waals surface area contributed by atoms with Crippen molar-refractivity contribution < 1.29 is 28.9 Å². The smallest absolute Gasteiger partial charge is 0.341 e. The minimum absolute atomic E-state index is 0.00136. The number of ether oxygens (including phenoxy) is 1. The number of likely N-dealkylation sites (tertiary alicyclic amines) is 1. The molecule has 36 heavy (non-hydrogen) atoms. The number of aliphatic hydroxyl groups is 1. The summed E-state index contributed by atoms with van der Waals surface area (Å²) in [5.74, 6) is -1.55. The fourth-order valence-electron chi connectivity index (χ4n) is 4.51. The highest BCUT2D eigenvalue weighted by Gasteiger charge is 2.24. The van der Waals surface area contributed by atoms with Crippen LogP contribution in [-0.2, 0) is 17.8 Å². The predicted molar refractivity (Wildman–Crippen MR) is 132 cm³/mol. The lowest BCUT2D eigenvalue weighted by Crippen LogP contribution is -2.40. The molecule has 1 fully saturated rings. The van der Waals surface area contributed by atoms with Crippen LogP contribution in [0.15, 0.2) is 41.3 Å². The predicted octanol–water partition coefficient (Wildman–Crippen LogP) is 3.47. The minimum Gasteiger partial charge on any atom is -0.490 e. The van der Waals surface area contributed by atoms with Crippen LogP contribution in [-0.4, -0.2) is 57.4 Å². The van der Waals surface area contributed by atoms with Crippen molar-refractivity contribution in [2.75, 3.05) is 19.7 Å². The molecule has 2 heterocycles. The van der Waals surface area contributed by atoms with Gasteiger partial charge in [0.05, 0.1) is 17.1 Å². The fraction of sp³-hybridized carbons (Fsp3) is 0.346. The third kappa shape index (κ3) is 5.22. The number of aromatic nitrogens is 1. The van der Waals surface area contributed by atoms with E-state index in [1.165, 1.54) is 29.8 Å². The van der Waals surface area contributed by atoms with Crippen molar-refractivity contribution in [3.05, 3.63) is 74.3 Å². The standard InChI is InChI=1S/C26H26ClFN2O6/c1-15(32)29-7-5-18(6-8-29)36-23-13-22-19(25(33)20(26(34)35)14-30(22)9-10-31)12-17(23)11-16-3-2-4-21(27)24(16)28/h2-4,12-14,18,31H,5-11H2,1H3,(H,34,35). The van der Waals surface area contributed by atoms with E-state index in [4.69, 9.17) is 16.3 Å². The van der Waals surface area contributed by atoms with Gasteiger partial charge in [0.15, 0.2) is 0 Å². The molecular formula is C26H26ClFN2O6. The molecule has 1 amide bonds. The fourth-order valence-corrected chi connectivity index (χ4v) is 4.71. The Labute approximate surface area is 211 Å². The highest BCUT2D eigenvalue weighted by molar-refractivity contribution is 6.30. The zero-order valence-electron chi connectivity index (χ0n) is 19.7. The zero-order valence-corrected chi connectivity index (χ0v) is 20.4. The Kier molecular flexibility index (Phi) is 7.61. The van der Waals surface area contributed by atoms with Crippen molar-refractivity contribution in [3.8, 4) is 5.75 Å². The number of benzene rings is 2. The summed E-state index contributed by atoms with van der Waals surface area (Å²) in [6.07, 6.45) is 2.25. The molecular weight excluding hydrogens is 491 g/mol. The van der Waals surface area contributed by atoms with Crippen molar-refractivity contribution in [1.29, 1.82) is 0 Å². The summed E-state index contributed by atoms with van der Waals surface area (Å²) in [5, 5.41) is 19.1. The highest BCUT2D eigenvalue weighted by Crippen LogP contribution is 2.31. The summed E-state index contributed by atoms with van der Waals surface area (Å²) in [6, 6.07) is 7.80. The van der Waals surface area contributed by atoms with E-state index in [1.807, 2.05) is 0 Å². The molecule has 2 N–H and O–H groups in total. The largest absolute Gasteiger partial charge is 0.490 e. The Morgan fingerprint density at radius 2 is 1.92 bits per heavy atom. The Hall–Kier alpha value is -3.43. The van der Waals surface area contributed by atoms with Crippen molar-refractivity contribution in [2.45, 2.75) is 38.8 Å². The van der Waals surface area contributed by atoms with Gasteiger partial charge in [-0.2, -0.15) is 0 Å². The first-order chi connectivity index (χ1) is 17.2. The monoisotopic (exact) mass is 516 g/mol. The van der Waals surface area contributed by atoms with E-state index in [2.05, 4.69) is 0 Å². The third-order valence-electron chi connectivity index (χ3n) is 6.43. The van der Waals surface area contributed by atoms with Crippen molar-refractivity contribution in [3.63, 3.8) is 0 Å². The number of nitrogens with zero attached hydrogens (tertiary/aromatic N) is 2. The Morgan fingerprint density at radius 1 is 1.19 bits per heavy atom. The van der Waals surface area contributed by atoms with E-state index in [9.17, 15) is 29.0 Å². The first-order valence-electron chi connectivity index (χ1n) is 11.6. The lowest BCUT2D eigenvalue weighted by molar-refractivity contribution is -0.130. The first-order valence-corrected chi connectivity index (χ1v) is 12.0. The third-order valence-corrected chi connectivity index (χ3v) is 6.72. The number of hydrogen-bond donors (Lipinski definition) is 2. The SMILES string of the molecule is CC(=O)N1CCC(Oc2cc3c(cc2Cc2cccc(Cl)c2F)c(=O)c(C(=O)O)cn3CCO)CC1. The molecule has 1 aliphatic heterocycles. The number of rotatable bonds is 7. The van der Waals surface area contributed by atoms with Crippen molar-refractivity contribution >= 4 is 34.4 Å². The molecule has 0 spiro atoms. The first kappa shape index (κ1) is 25.7. The second-order valence-corrected chi connectivity index (χ2v) is 9.19. The normalized spacial score (nSPS) is 14.3. The maximum absolute atomic E-state index is 14.7. The topological polar surface area (TPSA) is 109 Å². The molecule has 0 atom stereocenters. The van der Waals surface area contributed by atoms with E-state index in [1.54, 1.807) is 23.1 Å². The molecule has 8 nitrogen and oxygen atoms in total. The molecule has 3 aromatic rings. The summed E-state index contributed by atoms with van der Waals surface area (Å²) in [6.45, 7) is 2.40. The van der Waals surface area contributed by atoms with Crippen LogP contribution in [0.5, 0.6) is 5.75 Å². The number of piperidine rings is 1. The van der Waals surface area contributed by atoms with Gasteiger partial charge in [-0.25, -0.2) is 9.18 Å². The molecule has 4 rings (SSSR count). The molecule has 1 aromatic heterocycles. The number of hydrogen-bond acceptors (Lipinski definition) is 5. The number of pyridine rings is 1. The molecule has 1 saturated heterocycles. The van der Waals surface area contributed by atoms with Crippen LogP contribution in [0.3, 0.4) is 0 Å². The average molecular weight is 517 g/mol. The van der Waals surface area contributed by atoms with Crippen LogP contribution >= 0.6 is 11.6 Å². The zero-order chi connectivity index (χ0) is 26.0. The Balaban J connectivity index is 1.83. The molecule has 0 aliphatic carbocycles. The molecule has 10 heteroatoms. The van der Waals surface area contributed by atoms with E-state index in [0.717, 1.165) is 0 Å². The van der Waals surface area contributed by atoms with Gasteiger partial charge in [0.25, 0.3) is 0 Å². The summed E-state index contributed by atoms with van der Waals surface area (Å²) in [7, 11) is 0. The van der Waals surface area contributed by atoms with Gasteiger partial charge in [-0.1, -0.05) is 23.7 Å². The number of carboxylic acids is 1. The van der Waals surface area contributed by atoms with E-state index in [0.29, 0.717) is 48.3 Å². The summed E-state index contributed by atoms with van der Waals surface area (Å²) < 4.78 is 22.6. The van der Waals surface area contributed by atoms with Gasteiger partial charge in [0.2, 0.25) is 11.3 Å². The molecule has 190 valence electrons. The summed E-state index contributed by atoms with van der Waals surface area (Å²) >= 11 is 5.97. The molecule has 0 radical (unpaired) electrons. The highest BCUT2D eigenvalue weighted by atomic mass is 35.5. The van der Waals surface area contributed by atoms with Crippen LogP contribution in [0.4, 0.5) is 4.39 Å². The van der Waals surface area contributed by atoms with Gasteiger partial charge in [-0.05, 0) is 23.3 Å². The van der Waals surface area contributed by atoms with Gasteiger partial charge < -0.3 is 24.4 Å². The molecule has 2 aromatic carbocycles. The Bertz CT molecular complexity index is 1380. The number of aliphatic hydroxyl groups excluding tert-OH is 1. The second kappa shape index (κ2) is 10.7. The van der Waals surface area contributed by atoms with Crippen LogP contribution in [0.1, 0.15) is 41.3 Å². The van der Waals surface area contributed by atoms with Gasteiger partial charge in [0.1, 0.15) is 23.2 Å². The number of aromatic carboxylic acids is 1. The van der Waals surface area contributed by atoms with Gasteiger partial charge in [0, 0.05) is 63.5 Å². The van der Waals surface area contributed by atoms with E-state index < -0.39 is 22.8 Å². The number of halogens is 2. The number of fused-ring (bicyclic) bond motifs is 1. The lowest BCUT2D eigenvalue weighted by Gasteiger charge is -2.32. The quantitative estimate of drug-likeness (QED) is 0.498. The minimum atomic E-state index is -1.38. The number of carboxylic acid groups (broad SMARTS) is 1. The van der Waals surface area contributed by atoms with Gasteiger partial charge in [-0.3, -0.25) is 9.59 Å². The maximum atomic E-state index is 14.7. The number of carbonyl (C=O) groups is 2. The molecule has 0 bridgehead atoms. The van der Waals surface area contributed by atoms with Crippen LogP contribution < -0.4 is 10.2 Å². The maximum Gasteiger partial charge on any atom is 0.341 e. The van der Waals surface area contributed by atoms with Gasteiger partial charge >= 0.3 is 5.97 Å². The molecule has 1 aliphatic rings. The van der Waals surface area contributed by atoms with Crippen molar-refractivity contribution in [1.82, 2.24) is 9.47 Å². The van der Waals surface area contributed by atoms with Gasteiger partial charge in [-0.15, -0.1) is 0 Å². The summed E-state index contributed by atoms with van der Waals surface area (Å²) in [5.41, 5.74) is 0.0727. The molecule has 0 unspecified atom stereocenters. The Morgan fingerprint density at radius 3 is 2.56 bits per heavy atom. The second-order valence-electron chi connectivity index (χ2n) is 8.78.